The number of nitrogens with zero attached hydrogens (tertiary/aromatic N) is 1. The largest absolute Gasteiger partial charge is 0.387 e. The van der Waals surface area contributed by atoms with Gasteiger partial charge >= 0.3 is 0 Å². The first-order chi connectivity index (χ1) is 9.73. The van der Waals surface area contributed by atoms with Crippen molar-refractivity contribution < 1.29 is 9.84 Å². The minimum atomic E-state index is -0.725. The van der Waals surface area contributed by atoms with Crippen LogP contribution in [-0.4, -0.2) is 12.2 Å². The Bertz CT molecular complexity index is 470. The molecule has 1 aromatic rings. The number of nitriles is 1. The standard InChI is InChI=1S/C17H23NO2/c1-20-12-14-8-4-5-9-15(14)16(19)17(13-18)10-6-2-3-7-11-17/h4-5,8-9,16,19H,2-3,6-7,10-12H2,1H3. The molecular formula is C17H23NO2. The summed E-state index contributed by atoms with van der Waals surface area (Å²) in [4.78, 5) is 0. The normalized spacial score (nSPS) is 19.9. The summed E-state index contributed by atoms with van der Waals surface area (Å²) < 4.78 is 5.20. The summed E-state index contributed by atoms with van der Waals surface area (Å²) in [7, 11) is 1.65. The van der Waals surface area contributed by atoms with Crippen LogP contribution in [0.4, 0.5) is 0 Å². The molecule has 1 unspecified atom stereocenters. The molecule has 1 N–H and O–H groups in total. The van der Waals surface area contributed by atoms with Crippen molar-refractivity contribution in [2.24, 2.45) is 5.41 Å². The van der Waals surface area contributed by atoms with E-state index in [0.717, 1.165) is 49.7 Å². The number of benzene rings is 1. The van der Waals surface area contributed by atoms with Crippen molar-refractivity contribution in [2.75, 3.05) is 7.11 Å². The van der Waals surface area contributed by atoms with Gasteiger partial charge in [0.25, 0.3) is 0 Å². The van der Waals surface area contributed by atoms with Gasteiger partial charge in [-0.25, -0.2) is 0 Å². The van der Waals surface area contributed by atoms with Crippen LogP contribution in [0.15, 0.2) is 24.3 Å². The predicted molar refractivity (Wildman–Crippen MR) is 77.9 cm³/mol. The van der Waals surface area contributed by atoms with Crippen LogP contribution in [0.3, 0.4) is 0 Å². The molecule has 1 aromatic carbocycles. The van der Waals surface area contributed by atoms with Crippen LogP contribution in [0.2, 0.25) is 0 Å². The van der Waals surface area contributed by atoms with E-state index in [-0.39, 0.29) is 0 Å². The molecule has 108 valence electrons. The lowest BCUT2D eigenvalue weighted by Gasteiger charge is -2.32. The van der Waals surface area contributed by atoms with Crippen molar-refractivity contribution in [3.63, 3.8) is 0 Å². The second-order valence-electron chi connectivity index (χ2n) is 5.72. The summed E-state index contributed by atoms with van der Waals surface area (Å²) in [5.74, 6) is 0. The Morgan fingerprint density at radius 2 is 1.90 bits per heavy atom. The Balaban J connectivity index is 2.33. The van der Waals surface area contributed by atoms with Crippen molar-refractivity contribution >= 4 is 0 Å². The Morgan fingerprint density at radius 1 is 1.25 bits per heavy atom. The Labute approximate surface area is 121 Å². The lowest BCUT2D eigenvalue weighted by Crippen LogP contribution is -2.27. The number of hydrogen-bond donors (Lipinski definition) is 1. The van der Waals surface area contributed by atoms with E-state index in [1.54, 1.807) is 7.11 Å². The van der Waals surface area contributed by atoms with Crippen LogP contribution in [0.1, 0.15) is 55.8 Å². The maximum absolute atomic E-state index is 10.9. The molecule has 0 amide bonds. The molecule has 1 aliphatic carbocycles. The average Bonchev–Trinajstić information content (AvgIpc) is 2.74. The van der Waals surface area contributed by atoms with E-state index in [2.05, 4.69) is 6.07 Å². The monoisotopic (exact) mass is 273 g/mol. The van der Waals surface area contributed by atoms with E-state index >= 15 is 0 Å². The van der Waals surface area contributed by atoms with Crippen molar-refractivity contribution in [1.29, 1.82) is 5.26 Å². The lowest BCUT2D eigenvalue weighted by molar-refractivity contribution is 0.0492. The molecule has 2 rings (SSSR count). The minimum absolute atomic E-state index is 0.467. The number of aliphatic hydroxyl groups excluding tert-OH is 1. The third-order valence-electron chi connectivity index (χ3n) is 4.39. The van der Waals surface area contributed by atoms with Crippen molar-refractivity contribution in [2.45, 2.75) is 51.2 Å². The predicted octanol–water partition coefficient (Wildman–Crippen LogP) is 3.73. The van der Waals surface area contributed by atoms with E-state index in [1.165, 1.54) is 0 Å². The molecular weight excluding hydrogens is 250 g/mol. The second-order valence-corrected chi connectivity index (χ2v) is 5.72. The van der Waals surface area contributed by atoms with E-state index in [0.29, 0.717) is 6.61 Å². The van der Waals surface area contributed by atoms with Crippen LogP contribution < -0.4 is 0 Å². The molecule has 0 heterocycles. The molecule has 0 spiro atoms. The summed E-state index contributed by atoms with van der Waals surface area (Å²) >= 11 is 0. The van der Waals surface area contributed by atoms with E-state index in [9.17, 15) is 10.4 Å². The van der Waals surface area contributed by atoms with Gasteiger partial charge in [0.05, 0.1) is 24.2 Å². The number of rotatable bonds is 4. The summed E-state index contributed by atoms with van der Waals surface area (Å²) in [6.07, 6.45) is 5.22. The van der Waals surface area contributed by atoms with E-state index < -0.39 is 11.5 Å². The third kappa shape index (κ3) is 3.03. The van der Waals surface area contributed by atoms with Gasteiger partial charge in [-0.2, -0.15) is 5.26 Å². The van der Waals surface area contributed by atoms with Crippen LogP contribution in [0, 0.1) is 16.7 Å². The van der Waals surface area contributed by atoms with Gasteiger partial charge in [0, 0.05) is 7.11 Å². The summed E-state index contributed by atoms with van der Waals surface area (Å²) in [5, 5.41) is 20.5. The highest BCUT2D eigenvalue weighted by Crippen LogP contribution is 2.45. The fraction of sp³-hybridized carbons (Fsp3) is 0.588. The highest BCUT2D eigenvalue weighted by atomic mass is 16.5. The summed E-state index contributed by atoms with van der Waals surface area (Å²) in [6, 6.07) is 10.2. The first kappa shape index (κ1) is 15.0. The van der Waals surface area contributed by atoms with Gasteiger partial charge in [0.15, 0.2) is 0 Å². The number of methoxy groups -OCH3 is 1. The molecule has 3 nitrogen and oxygen atoms in total. The fourth-order valence-electron chi connectivity index (χ4n) is 3.19. The van der Waals surface area contributed by atoms with Gasteiger partial charge in [-0.15, -0.1) is 0 Å². The molecule has 1 fully saturated rings. The van der Waals surface area contributed by atoms with Crippen molar-refractivity contribution in [1.82, 2.24) is 0 Å². The molecule has 1 atom stereocenters. The molecule has 20 heavy (non-hydrogen) atoms. The van der Waals surface area contributed by atoms with Gasteiger partial charge < -0.3 is 9.84 Å². The fourth-order valence-corrected chi connectivity index (χ4v) is 3.19. The molecule has 0 saturated heterocycles. The maximum atomic E-state index is 10.9. The topological polar surface area (TPSA) is 53.2 Å². The van der Waals surface area contributed by atoms with Crippen LogP contribution >= 0.6 is 0 Å². The first-order valence-corrected chi connectivity index (χ1v) is 7.39. The Hall–Kier alpha value is -1.37. The molecule has 0 aromatic heterocycles. The molecule has 0 bridgehead atoms. The minimum Gasteiger partial charge on any atom is -0.387 e. The molecule has 3 heteroatoms. The number of hydrogen-bond acceptors (Lipinski definition) is 3. The summed E-state index contributed by atoms with van der Waals surface area (Å²) in [6.45, 7) is 0.467. The SMILES string of the molecule is COCc1ccccc1C(O)C1(C#N)CCCCCC1. The van der Waals surface area contributed by atoms with Crippen LogP contribution in [0.5, 0.6) is 0 Å². The zero-order valence-corrected chi connectivity index (χ0v) is 12.1. The second kappa shape index (κ2) is 6.88. The Morgan fingerprint density at radius 3 is 2.50 bits per heavy atom. The van der Waals surface area contributed by atoms with Gasteiger partial charge in [-0.05, 0) is 24.0 Å². The molecule has 1 saturated carbocycles. The Kier molecular flexibility index (Phi) is 5.17. The third-order valence-corrected chi connectivity index (χ3v) is 4.39. The van der Waals surface area contributed by atoms with Gasteiger partial charge in [0.2, 0.25) is 0 Å². The molecule has 1 aliphatic rings. The average molecular weight is 273 g/mol. The van der Waals surface area contributed by atoms with E-state index in [1.807, 2.05) is 24.3 Å². The van der Waals surface area contributed by atoms with E-state index in [4.69, 9.17) is 4.74 Å². The molecule has 0 aliphatic heterocycles. The van der Waals surface area contributed by atoms with Gasteiger partial charge in [0.1, 0.15) is 0 Å². The first-order valence-electron chi connectivity index (χ1n) is 7.39. The van der Waals surface area contributed by atoms with Gasteiger partial charge in [-0.3, -0.25) is 0 Å². The van der Waals surface area contributed by atoms with Gasteiger partial charge in [-0.1, -0.05) is 49.9 Å². The zero-order chi connectivity index (χ0) is 14.4. The van der Waals surface area contributed by atoms with Crippen molar-refractivity contribution in [3.8, 4) is 6.07 Å². The molecule has 0 radical (unpaired) electrons. The number of aliphatic hydroxyl groups is 1. The van der Waals surface area contributed by atoms with Crippen molar-refractivity contribution in [3.05, 3.63) is 35.4 Å². The maximum Gasteiger partial charge on any atom is 0.0979 e. The highest BCUT2D eigenvalue weighted by Gasteiger charge is 2.40. The smallest absolute Gasteiger partial charge is 0.0979 e. The lowest BCUT2D eigenvalue weighted by atomic mass is 9.73. The van der Waals surface area contributed by atoms with Crippen LogP contribution in [-0.2, 0) is 11.3 Å². The quantitative estimate of drug-likeness (QED) is 0.850. The number of ether oxygens (including phenoxy) is 1. The van der Waals surface area contributed by atoms with Crippen LogP contribution in [0.25, 0.3) is 0 Å². The highest BCUT2D eigenvalue weighted by molar-refractivity contribution is 5.31. The zero-order valence-electron chi connectivity index (χ0n) is 12.1. The summed E-state index contributed by atoms with van der Waals surface area (Å²) in [5.41, 5.74) is 1.18.